The van der Waals surface area contributed by atoms with Crippen LogP contribution < -0.4 is 5.32 Å². The number of ether oxygens (including phenoxy) is 1. The van der Waals surface area contributed by atoms with Gasteiger partial charge in [-0.25, -0.2) is 4.79 Å². The Morgan fingerprint density at radius 3 is 2.71 bits per heavy atom. The van der Waals surface area contributed by atoms with Gasteiger partial charge in [0.15, 0.2) is 6.61 Å². The van der Waals surface area contributed by atoms with E-state index in [2.05, 4.69) is 28.3 Å². The summed E-state index contributed by atoms with van der Waals surface area (Å²) < 4.78 is 5.35. The second-order valence-electron chi connectivity index (χ2n) is 7.43. The first kappa shape index (κ1) is 20.6. The van der Waals surface area contributed by atoms with Gasteiger partial charge in [-0.3, -0.25) is 14.7 Å². The summed E-state index contributed by atoms with van der Waals surface area (Å²) in [4.78, 5) is 32.0. The van der Waals surface area contributed by atoms with Crippen LogP contribution in [-0.4, -0.2) is 41.5 Å². The van der Waals surface area contributed by atoms with Crippen molar-refractivity contribution in [3.8, 4) is 12.3 Å². The Morgan fingerprint density at radius 1 is 1.13 bits per heavy atom. The fraction of sp³-hybridized carbons (Fsp3) is 0.240. The first-order valence-corrected chi connectivity index (χ1v) is 10.2. The SMILES string of the molecule is C#CCNC(=O)COC(=O)c1c2c(nc3ccccc13)CCN(Cc1ccccc1)C2. The van der Waals surface area contributed by atoms with Crippen LogP contribution in [0.25, 0.3) is 10.9 Å². The molecule has 156 valence electrons. The molecule has 6 heteroatoms. The quantitative estimate of drug-likeness (QED) is 0.497. The summed E-state index contributed by atoms with van der Waals surface area (Å²) in [5.74, 6) is 1.37. The lowest BCUT2D eigenvalue weighted by atomic mass is 9.95. The summed E-state index contributed by atoms with van der Waals surface area (Å²) in [5, 5.41) is 3.23. The van der Waals surface area contributed by atoms with Crippen molar-refractivity contribution in [2.24, 2.45) is 0 Å². The number of rotatable bonds is 6. The van der Waals surface area contributed by atoms with Gasteiger partial charge in [0.05, 0.1) is 17.6 Å². The number of terminal acetylenes is 1. The van der Waals surface area contributed by atoms with Crippen LogP contribution in [0.4, 0.5) is 0 Å². The summed E-state index contributed by atoms with van der Waals surface area (Å²) >= 11 is 0. The molecule has 4 rings (SSSR count). The van der Waals surface area contributed by atoms with Crippen LogP contribution in [0, 0.1) is 12.3 Å². The number of esters is 1. The fourth-order valence-electron chi connectivity index (χ4n) is 3.86. The maximum Gasteiger partial charge on any atom is 0.339 e. The monoisotopic (exact) mass is 413 g/mol. The molecule has 0 bridgehead atoms. The predicted octanol–water partition coefficient (Wildman–Crippen LogP) is 2.70. The summed E-state index contributed by atoms with van der Waals surface area (Å²) in [5.41, 5.74) is 4.24. The Kier molecular flexibility index (Phi) is 6.25. The second-order valence-corrected chi connectivity index (χ2v) is 7.43. The topological polar surface area (TPSA) is 71.5 Å². The minimum atomic E-state index is -0.521. The number of carbonyl (C=O) groups excluding carboxylic acids is 2. The molecular formula is C25H23N3O3. The van der Waals surface area contributed by atoms with E-state index in [4.69, 9.17) is 16.1 Å². The molecule has 0 radical (unpaired) electrons. The van der Waals surface area contributed by atoms with Gasteiger partial charge in [-0.15, -0.1) is 6.42 Å². The molecule has 3 aromatic rings. The van der Waals surface area contributed by atoms with Crippen LogP contribution in [0.2, 0.25) is 0 Å². The van der Waals surface area contributed by atoms with Crippen molar-refractivity contribution < 1.29 is 14.3 Å². The lowest BCUT2D eigenvalue weighted by Gasteiger charge is -2.30. The van der Waals surface area contributed by atoms with E-state index in [9.17, 15) is 9.59 Å². The van der Waals surface area contributed by atoms with Gasteiger partial charge in [-0.2, -0.15) is 0 Å². The van der Waals surface area contributed by atoms with Crippen molar-refractivity contribution in [2.75, 3.05) is 19.7 Å². The summed E-state index contributed by atoms with van der Waals surface area (Å²) in [6, 6.07) is 17.8. The van der Waals surface area contributed by atoms with E-state index in [1.807, 2.05) is 42.5 Å². The van der Waals surface area contributed by atoms with E-state index in [0.717, 1.165) is 41.7 Å². The Morgan fingerprint density at radius 2 is 1.90 bits per heavy atom. The molecule has 31 heavy (non-hydrogen) atoms. The molecule has 0 unspecified atom stereocenters. The number of benzene rings is 2. The van der Waals surface area contributed by atoms with Crippen molar-refractivity contribution in [3.05, 3.63) is 77.0 Å². The molecule has 1 aromatic heterocycles. The standard InChI is InChI=1S/C25H23N3O3/c1-2-13-26-23(29)17-31-25(30)24-19-10-6-7-11-21(19)27-22-12-14-28(16-20(22)24)15-18-8-4-3-5-9-18/h1,3-11H,12-17H2,(H,26,29). The number of nitrogens with zero attached hydrogens (tertiary/aromatic N) is 2. The van der Waals surface area contributed by atoms with Crippen LogP contribution >= 0.6 is 0 Å². The molecule has 0 saturated heterocycles. The van der Waals surface area contributed by atoms with Crippen LogP contribution in [0.5, 0.6) is 0 Å². The molecular weight excluding hydrogens is 390 g/mol. The minimum absolute atomic E-state index is 0.0957. The molecule has 2 aromatic carbocycles. The third-order valence-electron chi connectivity index (χ3n) is 5.30. The maximum absolute atomic E-state index is 13.1. The molecule has 1 aliphatic rings. The zero-order valence-corrected chi connectivity index (χ0v) is 17.1. The van der Waals surface area contributed by atoms with Gasteiger partial charge in [0.25, 0.3) is 5.91 Å². The van der Waals surface area contributed by atoms with Crippen molar-refractivity contribution in [3.63, 3.8) is 0 Å². The molecule has 1 aliphatic heterocycles. The molecule has 6 nitrogen and oxygen atoms in total. The third kappa shape index (κ3) is 4.73. The molecule has 0 fully saturated rings. The molecule has 0 spiro atoms. The molecule has 0 saturated carbocycles. The predicted molar refractivity (Wildman–Crippen MR) is 118 cm³/mol. The third-order valence-corrected chi connectivity index (χ3v) is 5.30. The molecule has 0 aliphatic carbocycles. The van der Waals surface area contributed by atoms with Crippen LogP contribution in [0.3, 0.4) is 0 Å². The van der Waals surface area contributed by atoms with Gasteiger partial charge in [-0.05, 0) is 11.6 Å². The Balaban J connectivity index is 1.62. The highest BCUT2D eigenvalue weighted by Gasteiger charge is 2.27. The van der Waals surface area contributed by atoms with Gasteiger partial charge in [0, 0.05) is 42.7 Å². The average molecular weight is 413 g/mol. The van der Waals surface area contributed by atoms with Gasteiger partial charge in [0.1, 0.15) is 0 Å². The largest absolute Gasteiger partial charge is 0.452 e. The zero-order chi connectivity index (χ0) is 21.6. The molecule has 0 atom stereocenters. The first-order chi connectivity index (χ1) is 15.2. The van der Waals surface area contributed by atoms with Crippen molar-refractivity contribution in [2.45, 2.75) is 19.5 Å². The summed E-state index contributed by atoms with van der Waals surface area (Å²) in [7, 11) is 0. The second kappa shape index (κ2) is 9.41. The van der Waals surface area contributed by atoms with E-state index < -0.39 is 11.9 Å². The van der Waals surface area contributed by atoms with E-state index in [0.29, 0.717) is 12.1 Å². The molecule has 1 amide bonds. The highest BCUT2D eigenvalue weighted by Crippen LogP contribution is 2.29. The lowest BCUT2D eigenvalue weighted by molar-refractivity contribution is -0.123. The number of aromatic nitrogens is 1. The number of hydrogen-bond donors (Lipinski definition) is 1. The minimum Gasteiger partial charge on any atom is -0.452 e. The fourth-order valence-corrected chi connectivity index (χ4v) is 3.86. The van der Waals surface area contributed by atoms with Gasteiger partial charge < -0.3 is 10.1 Å². The van der Waals surface area contributed by atoms with E-state index >= 15 is 0 Å². The smallest absolute Gasteiger partial charge is 0.339 e. The number of fused-ring (bicyclic) bond motifs is 2. The van der Waals surface area contributed by atoms with Gasteiger partial charge in [0.2, 0.25) is 0 Å². The lowest BCUT2D eigenvalue weighted by Crippen LogP contribution is -2.33. The van der Waals surface area contributed by atoms with Crippen LogP contribution in [-0.2, 0) is 29.0 Å². The number of nitrogens with one attached hydrogen (secondary N) is 1. The van der Waals surface area contributed by atoms with Gasteiger partial charge >= 0.3 is 5.97 Å². The van der Waals surface area contributed by atoms with Crippen molar-refractivity contribution in [1.29, 1.82) is 0 Å². The summed E-state index contributed by atoms with van der Waals surface area (Å²) in [6.45, 7) is 1.96. The van der Waals surface area contributed by atoms with Crippen LogP contribution in [0.15, 0.2) is 54.6 Å². The zero-order valence-electron chi connectivity index (χ0n) is 17.1. The van der Waals surface area contributed by atoms with Crippen LogP contribution in [0.1, 0.15) is 27.2 Å². The van der Waals surface area contributed by atoms with E-state index in [-0.39, 0.29) is 13.2 Å². The Bertz CT molecular complexity index is 1150. The average Bonchev–Trinajstić information content (AvgIpc) is 2.80. The highest BCUT2D eigenvalue weighted by atomic mass is 16.5. The van der Waals surface area contributed by atoms with Crippen molar-refractivity contribution in [1.82, 2.24) is 15.2 Å². The first-order valence-electron chi connectivity index (χ1n) is 10.2. The molecule has 2 heterocycles. The van der Waals surface area contributed by atoms with Crippen molar-refractivity contribution >= 4 is 22.8 Å². The highest BCUT2D eigenvalue weighted by molar-refractivity contribution is 6.05. The van der Waals surface area contributed by atoms with Gasteiger partial charge in [-0.1, -0.05) is 54.5 Å². The number of hydrogen-bond acceptors (Lipinski definition) is 5. The number of carbonyl (C=O) groups is 2. The number of amides is 1. The maximum atomic E-state index is 13.1. The van der Waals surface area contributed by atoms with E-state index in [1.165, 1.54) is 5.56 Å². The van der Waals surface area contributed by atoms with E-state index in [1.54, 1.807) is 0 Å². The number of para-hydroxylation sites is 1. The summed E-state index contributed by atoms with van der Waals surface area (Å²) in [6.07, 6.45) is 5.89. The number of pyridine rings is 1. The molecule has 1 N–H and O–H groups in total. The normalized spacial score (nSPS) is 13.3. The Labute approximate surface area is 181 Å². The Hall–Kier alpha value is -3.69.